The highest BCUT2D eigenvalue weighted by atomic mass is 19.1. The number of likely N-dealkylation sites (N-methyl/N-ethyl adjacent to an activating group) is 1. The number of anilines is 1. The van der Waals surface area contributed by atoms with Crippen LogP contribution in [-0.4, -0.2) is 108 Å². The van der Waals surface area contributed by atoms with Crippen LogP contribution in [0.25, 0.3) is 0 Å². The molecule has 49 heavy (non-hydrogen) atoms. The molecule has 4 atom stereocenters. The number of aryl methyl sites for hydroxylation is 1. The number of hydrogen-bond acceptors (Lipinski definition) is 8. The predicted molar refractivity (Wildman–Crippen MR) is 184 cm³/mol. The molecule has 0 bridgehead atoms. The Kier molecular flexibility index (Phi) is 11.9. The highest BCUT2D eigenvalue weighted by Crippen LogP contribution is 2.51. The van der Waals surface area contributed by atoms with Crippen LogP contribution in [0.15, 0.2) is 30.5 Å². The molecule has 2 aromatic rings. The van der Waals surface area contributed by atoms with Crippen molar-refractivity contribution in [1.29, 1.82) is 0 Å². The van der Waals surface area contributed by atoms with Gasteiger partial charge in [0, 0.05) is 58.5 Å². The van der Waals surface area contributed by atoms with Crippen LogP contribution in [0, 0.1) is 23.6 Å². The monoisotopic (exact) mass is 681 g/mol. The van der Waals surface area contributed by atoms with Crippen LogP contribution in [0.1, 0.15) is 74.8 Å². The van der Waals surface area contributed by atoms with Crippen molar-refractivity contribution in [2.24, 2.45) is 17.8 Å². The second-order valence-electron chi connectivity index (χ2n) is 14.0. The lowest BCUT2D eigenvalue weighted by Crippen LogP contribution is -2.57. The molecule has 268 valence electrons. The quantitative estimate of drug-likeness (QED) is 0.217. The van der Waals surface area contributed by atoms with Gasteiger partial charge in [0.05, 0.1) is 11.7 Å². The van der Waals surface area contributed by atoms with Gasteiger partial charge in [0.25, 0.3) is 5.91 Å². The summed E-state index contributed by atoms with van der Waals surface area (Å²) in [7, 11) is 3.48. The third kappa shape index (κ3) is 8.56. The lowest BCUT2D eigenvalue weighted by atomic mass is 9.88. The number of rotatable bonds is 17. The van der Waals surface area contributed by atoms with E-state index >= 15 is 4.39 Å². The second kappa shape index (κ2) is 15.9. The number of ether oxygens (including phenoxy) is 1. The Labute approximate surface area is 288 Å². The van der Waals surface area contributed by atoms with E-state index in [1.54, 1.807) is 27.9 Å². The summed E-state index contributed by atoms with van der Waals surface area (Å²) in [6.07, 6.45) is 6.76. The number of benzene rings is 1. The number of piperazine rings is 1. The van der Waals surface area contributed by atoms with Crippen LogP contribution in [0.4, 0.5) is 10.1 Å². The summed E-state index contributed by atoms with van der Waals surface area (Å²) in [6.45, 7) is 8.83. The molecule has 2 heterocycles. The minimum Gasteiger partial charge on any atom is -0.369 e. The third-order valence-electron chi connectivity index (χ3n) is 10.7. The van der Waals surface area contributed by atoms with E-state index in [1.807, 2.05) is 27.8 Å². The minimum absolute atomic E-state index is 0.00406. The lowest BCUT2D eigenvalue weighted by Gasteiger charge is -2.37. The fraction of sp³-hybridized carbons (Fsp3) is 0.639. The van der Waals surface area contributed by atoms with Crippen LogP contribution in [0.5, 0.6) is 0 Å². The van der Waals surface area contributed by atoms with E-state index in [-0.39, 0.29) is 30.0 Å². The summed E-state index contributed by atoms with van der Waals surface area (Å²) < 4.78 is 23.0. The van der Waals surface area contributed by atoms with Crippen LogP contribution >= 0.6 is 0 Å². The highest BCUT2D eigenvalue weighted by molar-refractivity contribution is 6.01. The van der Waals surface area contributed by atoms with Crippen LogP contribution in [0.3, 0.4) is 0 Å². The Hall–Kier alpha value is -3.68. The molecule has 12 nitrogen and oxygen atoms in total. The molecule has 0 radical (unpaired) electrons. The molecule has 5 rings (SSSR count). The van der Waals surface area contributed by atoms with E-state index in [0.717, 1.165) is 45.1 Å². The molecule has 1 aliphatic heterocycles. The molecule has 3 N–H and O–H groups in total. The smallest absolute Gasteiger partial charge is 0.270 e. The average Bonchev–Trinajstić information content (AvgIpc) is 4.06. The topological polar surface area (TPSA) is 138 Å². The summed E-state index contributed by atoms with van der Waals surface area (Å²) in [5, 5.41) is 13.2. The van der Waals surface area contributed by atoms with Gasteiger partial charge in [-0.05, 0) is 87.6 Å². The van der Waals surface area contributed by atoms with E-state index in [2.05, 4.69) is 25.9 Å². The normalized spacial score (nSPS) is 19.9. The predicted octanol–water partition coefficient (Wildman–Crippen LogP) is 3.05. The first kappa shape index (κ1) is 36.6. The van der Waals surface area contributed by atoms with Crippen molar-refractivity contribution in [2.75, 3.05) is 52.2 Å². The Morgan fingerprint density at radius 2 is 1.73 bits per heavy atom. The van der Waals surface area contributed by atoms with E-state index in [0.29, 0.717) is 49.1 Å². The Balaban J connectivity index is 1.35. The van der Waals surface area contributed by atoms with Gasteiger partial charge in [-0.25, -0.2) is 4.39 Å². The Morgan fingerprint density at radius 3 is 2.29 bits per heavy atom. The number of nitrogens with zero attached hydrogens (tertiary/aromatic N) is 4. The maximum atomic E-state index is 15.9. The van der Waals surface area contributed by atoms with Crippen LogP contribution in [-0.2, 0) is 25.7 Å². The molecular weight excluding hydrogens is 629 g/mol. The SMILES string of the molecule is CCn1nccc1C(=O)N[C@H](C(=O)Nc1ccc([C@H](C)[C@@H](NC[C@@](C=O)(CC)OC)C(=O)N2CCN(C)CC2)cc1F)C(C1CC1)C1CC1. The van der Waals surface area contributed by atoms with Gasteiger partial charge in [-0.1, -0.05) is 19.9 Å². The van der Waals surface area contributed by atoms with Gasteiger partial charge in [-0.3, -0.25) is 19.1 Å². The number of carbonyl (C=O) groups is 4. The number of methoxy groups -OCH3 is 1. The van der Waals surface area contributed by atoms with Gasteiger partial charge in [0.2, 0.25) is 11.8 Å². The van der Waals surface area contributed by atoms with Gasteiger partial charge < -0.3 is 35.3 Å². The molecule has 3 fully saturated rings. The first-order valence-corrected chi connectivity index (χ1v) is 17.7. The molecule has 1 aromatic carbocycles. The number of aldehydes is 1. The maximum Gasteiger partial charge on any atom is 0.270 e. The maximum absolute atomic E-state index is 15.9. The van der Waals surface area contributed by atoms with E-state index in [1.165, 1.54) is 19.2 Å². The first-order valence-electron chi connectivity index (χ1n) is 17.7. The number of halogens is 1. The minimum atomic E-state index is -1.10. The highest BCUT2D eigenvalue weighted by Gasteiger charge is 2.48. The molecule has 2 saturated carbocycles. The number of hydrogen-bond donors (Lipinski definition) is 3. The molecule has 3 aliphatic rings. The third-order valence-corrected chi connectivity index (χ3v) is 10.7. The standard InChI is InChI=1S/C36H52FN7O5/c1-6-36(22-45,49-5)21-38-31(35(48)43-18-16-42(4)17-19-43)23(3)26-12-13-28(27(37)20-26)40-34(47)32(30(24-8-9-24)25-10-11-25)41-33(46)29-14-15-39-44(29)7-2/h12-15,20,22-25,30-32,38H,6-11,16-19,21H2,1-5H3,(H,40,47)(H,41,46)/t23-,31+,32-,36+/m0/s1. The molecule has 13 heteroatoms. The molecular formula is C36H52FN7O5. The summed E-state index contributed by atoms with van der Waals surface area (Å²) >= 11 is 0. The molecule has 2 aliphatic carbocycles. The number of aromatic nitrogens is 2. The molecule has 0 unspecified atom stereocenters. The van der Waals surface area contributed by atoms with Gasteiger partial charge in [-0.2, -0.15) is 5.10 Å². The van der Waals surface area contributed by atoms with Crippen molar-refractivity contribution in [3.05, 3.63) is 47.5 Å². The average molecular weight is 682 g/mol. The summed E-state index contributed by atoms with van der Waals surface area (Å²) in [5.41, 5.74) is -0.156. The summed E-state index contributed by atoms with van der Waals surface area (Å²) in [4.78, 5) is 57.1. The summed E-state index contributed by atoms with van der Waals surface area (Å²) in [5.74, 6) is -1.40. The van der Waals surface area contributed by atoms with Crippen molar-refractivity contribution in [2.45, 2.75) is 83.0 Å². The van der Waals surface area contributed by atoms with E-state index in [4.69, 9.17) is 4.74 Å². The Bertz CT molecular complexity index is 1470. The van der Waals surface area contributed by atoms with Crippen molar-refractivity contribution in [3.8, 4) is 0 Å². The van der Waals surface area contributed by atoms with Crippen LogP contribution < -0.4 is 16.0 Å². The largest absolute Gasteiger partial charge is 0.369 e. The summed E-state index contributed by atoms with van der Waals surface area (Å²) in [6, 6.07) is 4.63. The zero-order chi connectivity index (χ0) is 35.3. The van der Waals surface area contributed by atoms with Crippen LogP contribution in [0.2, 0.25) is 0 Å². The van der Waals surface area contributed by atoms with E-state index in [9.17, 15) is 19.2 Å². The molecule has 0 spiro atoms. The van der Waals surface area contributed by atoms with Gasteiger partial charge in [-0.15, -0.1) is 0 Å². The van der Waals surface area contributed by atoms with Crippen molar-refractivity contribution in [3.63, 3.8) is 0 Å². The van der Waals surface area contributed by atoms with E-state index < -0.39 is 35.3 Å². The van der Waals surface area contributed by atoms with Gasteiger partial charge in [0.15, 0.2) is 6.29 Å². The molecule has 1 saturated heterocycles. The number of amides is 3. The zero-order valence-electron chi connectivity index (χ0n) is 29.4. The Morgan fingerprint density at radius 1 is 1.06 bits per heavy atom. The van der Waals surface area contributed by atoms with Gasteiger partial charge in [0.1, 0.15) is 23.2 Å². The second-order valence-corrected chi connectivity index (χ2v) is 14.0. The van der Waals surface area contributed by atoms with Crippen molar-refractivity contribution in [1.82, 2.24) is 30.2 Å². The number of nitrogens with one attached hydrogen (secondary N) is 3. The fourth-order valence-corrected chi connectivity index (χ4v) is 7.04. The van der Waals surface area contributed by atoms with Crippen molar-refractivity contribution >= 4 is 29.7 Å². The first-order chi connectivity index (χ1) is 23.5. The molecule has 3 amide bonds. The fourth-order valence-electron chi connectivity index (χ4n) is 7.04. The van der Waals surface area contributed by atoms with Gasteiger partial charge >= 0.3 is 0 Å². The van der Waals surface area contributed by atoms with Crippen molar-refractivity contribution < 1.29 is 28.3 Å². The zero-order valence-corrected chi connectivity index (χ0v) is 29.4. The molecule has 1 aromatic heterocycles. The number of carbonyl (C=O) groups excluding carboxylic acids is 4. The lowest BCUT2D eigenvalue weighted by molar-refractivity contribution is -0.137.